The molecule has 0 saturated heterocycles. The molecule has 0 radical (unpaired) electrons. The summed E-state index contributed by atoms with van der Waals surface area (Å²) in [5.41, 5.74) is 6.17. The molecule has 1 rings (SSSR count). The lowest BCUT2D eigenvalue weighted by molar-refractivity contribution is -0.119. The van der Waals surface area contributed by atoms with Crippen molar-refractivity contribution in [2.24, 2.45) is 11.7 Å². The highest BCUT2D eigenvalue weighted by Crippen LogP contribution is 2.16. The first kappa shape index (κ1) is 14.1. The van der Waals surface area contributed by atoms with E-state index >= 15 is 0 Å². The van der Waals surface area contributed by atoms with Gasteiger partial charge >= 0.3 is 0 Å². The second-order valence-electron chi connectivity index (χ2n) is 4.56. The van der Waals surface area contributed by atoms with Crippen molar-refractivity contribution in [3.05, 3.63) is 34.6 Å². The van der Waals surface area contributed by atoms with Crippen molar-refractivity contribution in [2.75, 3.05) is 0 Å². The van der Waals surface area contributed by atoms with Gasteiger partial charge in [-0.15, -0.1) is 0 Å². The Kier molecular flexibility index (Phi) is 5.09. The van der Waals surface area contributed by atoms with Crippen LogP contribution in [0, 0.1) is 11.7 Å². The van der Waals surface area contributed by atoms with Crippen LogP contribution in [0.1, 0.15) is 25.8 Å². The molecular formula is C13H17ClFNO. The van der Waals surface area contributed by atoms with E-state index < -0.39 is 5.82 Å². The highest BCUT2D eigenvalue weighted by molar-refractivity contribution is 6.30. The molecule has 1 unspecified atom stereocenters. The van der Waals surface area contributed by atoms with E-state index in [1.165, 1.54) is 12.1 Å². The number of carbonyl (C=O) groups is 1. The molecule has 0 aliphatic carbocycles. The fourth-order valence-electron chi connectivity index (χ4n) is 1.45. The Bertz CT molecular complexity index is 406. The number of nitrogens with two attached hydrogens (primary N) is 1. The third-order valence-electron chi connectivity index (χ3n) is 2.72. The fourth-order valence-corrected chi connectivity index (χ4v) is 1.61. The first-order valence-corrected chi connectivity index (χ1v) is 5.99. The minimum atomic E-state index is -0.441. The molecule has 94 valence electrons. The summed E-state index contributed by atoms with van der Waals surface area (Å²) in [7, 11) is 0. The topological polar surface area (TPSA) is 43.1 Å². The maximum absolute atomic E-state index is 13.4. The van der Waals surface area contributed by atoms with Gasteiger partial charge in [0.1, 0.15) is 11.6 Å². The maximum Gasteiger partial charge on any atom is 0.138 e. The summed E-state index contributed by atoms with van der Waals surface area (Å²) in [4.78, 5) is 11.7. The summed E-state index contributed by atoms with van der Waals surface area (Å²) < 4.78 is 13.4. The fraction of sp³-hybridized carbons (Fsp3) is 0.462. The van der Waals surface area contributed by atoms with Crippen LogP contribution in [0.4, 0.5) is 4.39 Å². The van der Waals surface area contributed by atoms with Gasteiger partial charge in [-0.2, -0.15) is 0 Å². The summed E-state index contributed by atoms with van der Waals surface area (Å²) in [5.74, 6) is -0.245. The lowest BCUT2D eigenvalue weighted by Crippen LogP contribution is -2.29. The largest absolute Gasteiger partial charge is 0.327 e. The van der Waals surface area contributed by atoms with E-state index in [4.69, 9.17) is 17.3 Å². The Morgan fingerprint density at radius 2 is 2.12 bits per heavy atom. The number of carbonyl (C=O) groups excluding carboxylic acids is 1. The summed E-state index contributed by atoms with van der Waals surface area (Å²) in [6, 6.07) is 4.16. The van der Waals surface area contributed by atoms with E-state index in [2.05, 4.69) is 0 Å². The van der Waals surface area contributed by atoms with Gasteiger partial charge in [-0.3, -0.25) is 4.79 Å². The van der Waals surface area contributed by atoms with Crippen LogP contribution in [-0.2, 0) is 11.2 Å². The van der Waals surface area contributed by atoms with Crippen molar-refractivity contribution in [2.45, 2.75) is 32.7 Å². The lowest BCUT2D eigenvalue weighted by atomic mass is 9.97. The third-order valence-corrected chi connectivity index (χ3v) is 2.96. The Morgan fingerprint density at radius 1 is 1.47 bits per heavy atom. The normalized spacial score (nSPS) is 12.8. The van der Waals surface area contributed by atoms with Gasteiger partial charge in [-0.1, -0.05) is 31.5 Å². The lowest BCUT2D eigenvalue weighted by Gasteiger charge is -2.14. The predicted octanol–water partition coefficient (Wildman–Crippen LogP) is 2.96. The van der Waals surface area contributed by atoms with Gasteiger partial charge in [0.05, 0.1) is 0 Å². The van der Waals surface area contributed by atoms with Gasteiger partial charge in [0.2, 0.25) is 0 Å². The molecule has 0 bridgehead atoms. The molecule has 2 N–H and O–H groups in total. The highest BCUT2D eigenvalue weighted by Gasteiger charge is 2.15. The van der Waals surface area contributed by atoms with E-state index in [1.54, 1.807) is 6.07 Å². The molecule has 4 heteroatoms. The number of benzene rings is 1. The Labute approximate surface area is 106 Å². The SMILES string of the molecule is CC(C)C(N)CC(=O)Cc1ccc(Cl)cc1F. The Morgan fingerprint density at radius 3 is 2.65 bits per heavy atom. The second-order valence-corrected chi connectivity index (χ2v) is 5.00. The second kappa shape index (κ2) is 6.12. The minimum Gasteiger partial charge on any atom is -0.327 e. The molecule has 1 atom stereocenters. The number of halogens is 2. The molecule has 0 heterocycles. The molecular weight excluding hydrogens is 241 g/mol. The van der Waals surface area contributed by atoms with E-state index in [1.807, 2.05) is 13.8 Å². The number of ketones is 1. The summed E-state index contributed by atoms with van der Waals surface area (Å²) in [5, 5.41) is 0.331. The van der Waals surface area contributed by atoms with Gasteiger partial charge in [-0.25, -0.2) is 4.39 Å². The van der Waals surface area contributed by atoms with E-state index in [0.29, 0.717) is 10.6 Å². The maximum atomic E-state index is 13.4. The third kappa shape index (κ3) is 4.44. The average Bonchev–Trinajstić information content (AvgIpc) is 2.22. The van der Waals surface area contributed by atoms with Crippen LogP contribution in [-0.4, -0.2) is 11.8 Å². The van der Waals surface area contributed by atoms with Crippen LogP contribution in [0.2, 0.25) is 5.02 Å². The summed E-state index contributed by atoms with van der Waals surface area (Å²) >= 11 is 5.63. The first-order valence-electron chi connectivity index (χ1n) is 5.61. The average molecular weight is 258 g/mol. The summed E-state index contributed by atoms with van der Waals surface area (Å²) in [6.07, 6.45) is 0.350. The van der Waals surface area contributed by atoms with Crippen LogP contribution in [0.3, 0.4) is 0 Å². The standard InChI is InChI=1S/C13H17ClFNO/c1-8(2)13(16)7-11(17)5-9-3-4-10(14)6-12(9)15/h3-4,6,8,13H,5,7,16H2,1-2H3. The van der Waals surface area contributed by atoms with Crippen molar-refractivity contribution in [1.29, 1.82) is 0 Å². The van der Waals surface area contributed by atoms with E-state index in [0.717, 1.165) is 0 Å². The zero-order valence-electron chi connectivity index (χ0n) is 10.0. The molecule has 2 nitrogen and oxygen atoms in total. The van der Waals surface area contributed by atoms with Gasteiger partial charge in [-0.05, 0) is 23.6 Å². The Hall–Kier alpha value is -0.930. The number of hydrogen-bond acceptors (Lipinski definition) is 2. The van der Waals surface area contributed by atoms with Crippen molar-refractivity contribution in [3.8, 4) is 0 Å². The predicted molar refractivity (Wildman–Crippen MR) is 67.6 cm³/mol. The van der Waals surface area contributed by atoms with Gasteiger partial charge in [0, 0.05) is 23.9 Å². The van der Waals surface area contributed by atoms with Crippen molar-refractivity contribution in [1.82, 2.24) is 0 Å². The van der Waals surface area contributed by atoms with Crippen LogP contribution >= 0.6 is 11.6 Å². The molecule has 0 saturated carbocycles. The van der Waals surface area contributed by atoms with Crippen LogP contribution < -0.4 is 5.73 Å². The van der Waals surface area contributed by atoms with Crippen LogP contribution in [0.25, 0.3) is 0 Å². The molecule has 17 heavy (non-hydrogen) atoms. The molecule has 0 spiro atoms. The molecule has 0 aliphatic rings. The molecule has 0 fully saturated rings. The zero-order chi connectivity index (χ0) is 13.0. The molecule has 0 aromatic heterocycles. The smallest absolute Gasteiger partial charge is 0.138 e. The van der Waals surface area contributed by atoms with Crippen molar-refractivity contribution >= 4 is 17.4 Å². The van der Waals surface area contributed by atoms with Crippen LogP contribution in [0.15, 0.2) is 18.2 Å². The van der Waals surface area contributed by atoms with Crippen molar-refractivity contribution in [3.63, 3.8) is 0 Å². The van der Waals surface area contributed by atoms with Gasteiger partial charge < -0.3 is 5.73 Å². The summed E-state index contributed by atoms with van der Waals surface area (Å²) in [6.45, 7) is 3.92. The number of hydrogen-bond donors (Lipinski definition) is 1. The minimum absolute atomic E-state index is 0.0487. The zero-order valence-corrected chi connectivity index (χ0v) is 10.8. The van der Waals surface area contributed by atoms with Gasteiger partial charge in [0.15, 0.2) is 0 Å². The quantitative estimate of drug-likeness (QED) is 0.881. The van der Waals surface area contributed by atoms with Crippen molar-refractivity contribution < 1.29 is 9.18 Å². The molecule has 0 aliphatic heterocycles. The highest BCUT2D eigenvalue weighted by atomic mass is 35.5. The number of rotatable bonds is 5. The molecule has 1 aromatic rings. The van der Waals surface area contributed by atoms with E-state index in [9.17, 15) is 9.18 Å². The molecule has 1 aromatic carbocycles. The number of Topliss-reactive ketones (excluding diaryl/α,β-unsaturated/α-hetero) is 1. The monoisotopic (exact) mass is 257 g/mol. The Balaban J connectivity index is 2.62. The van der Waals surface area contributed by atoms with E-state index in [-0.39, 0.29) is 30.6 Å². The molecule has 0 amide bonds. The van der Waals surface area contributed by atoms with Gasteiger partial charge in [0.25, 0.3) is 0 Å². The van der Waals surface area contributed by atoms with Crippen LogP contribution in [0.5, 0.6) is 0 Å². The first-order chi connectivity index (χ1) is 7.90.